The molecule has 0 radical (unpaired) electrons. The first-order valence-corrected chi connectivity index (χ1v) is 5.55. The predicted octanol–water partition coefficient (Wildman–Crippen LogP) is 2.54. The van der Waals surface area contributed by atoms with Crippen molar-refractivity contribution in [2.75, 3.05) is 6.54 Å². The second kappa shape index (κ2) is 6.51. The first-order valence-electron chi connectivity index (χ1n) is 5.55. The summed E-state index contributed by atoms with van der Waals surface area (Å²) < 4.78 is 12.8. The van der Waals surface area contributed by atoms with Crippen LogP contribution in [0.2, 0.25) is 0 Å². The van der Waals surface area contributed by atoms with Crippen LogP contribution in [0.1, 0.15) is 32.3 Å². The number of nitrogens with zero attached hydrogens (tertiary/aromatic N) is 1. The van der Waals surface area contributed by atoms with E-state index in [1.54, 1.807) is 12.3 Å². The molecule has 0 saturated carbocycles. The van der Waals surface area contributed by atoms with Gasteiger partial charge >= 0.3 is 0 Å². The molecule has 1 atom stereocenters. The zero-order valence-electron chi connectivity index (χ0n) is 9.46. The number of aromatic nitrogens is 1. The summed E-state index contributed by atoms with van der Waals surface area (Å²) in [5.41, 5.74) is 0.972. The van der Waals surface area contributed by atoms with Crippen LogP contribution >= 0.6 is 0 Å². The van der Waals surface area contributed by atoms with E-state index in [1.165, 1.54) is 6.20 Å². The maximum absolute atomic E-state index is 12.8. The fourth-order valence-electron chi connectivity index (χ4n) is 1.47. The van der Waals surface area contributed by atoms with E-state index in [4.69, 9.17) is 0 Å². The number of nitrogens with one attached hydrogen (secondary N) is 1. The standard InChI is InChI=1S/C12H19FN2/c1-3-6-15-10(2)4-5-11-7-12(13)9-14-8-11/h7-10,15H,3-6H2,1-2H3. The zero-order chi connectivity index (χ0) is 11.1. The molecule has 0 aliphatic heterocycles. The van der Waals surface area contributed by atoms with E-state index in [2.05, 4.69) is 24.1 Å². The second-order valence-corrected chi connectivity index (χ2v) is 3.91. The minimum atomic E-state index is -0.248. The van der Waals surface area contributed by atoms with E-state index in [-0.39, 0.29) is 5.82 Å². The maximum Gasteiger partial charge on any atom is 0.141 e. The molecule has 0 saturated heterocycles. The van der Waals surface area contributed by atoms with Crippen molar-refractivity contribution in [2.45, 2.75) is 39.2 Å². The SMILES string of the molecule is CCCNC(C)CCc1cncc(F)c1. The van der Waals surface area contributed by atoms with Crippen LogP contribution in [0.25, 0.3) is 0 Å². The summed E-state index contributed by atoms with van der Waals surface area (Å²) in [6.45, 7) is 5.35. The van der Waals surface area contributed by atoms with Crippen LogP contribution in [0.5, 0.6) is 0 Å². The molecule has 0 fully saturated rings. The van der Waals surface area contributed by atoms with E-state index >= 15 is 0 Å². The molecule has 15 heavy (non-hydrogen) atoms. The molecule has 1 rings (SSSR count). The van der Waals surface area contributed by atoms with E-state index in [1.807, 2.05) is 0 Å². The predicted molar refractivity (Wildman–Crippen MR) is 60.3 cm³/mol. The highest BCUT2D eigenvalue weighted by atomic mass is 19.1. The Bertz CT molecular complexity index is 289. The smallest absolute Gasteiger partial charge is 0.141 e. The molecular weight excluding hydrogens is 191 g/mol. The van der Waals surface area contributed by atoms with Gasteiger partial charge in [0.1, 0.15) is 5.82 Å². The third-order valence-electron chi connectivity index (χ3n) is 2.37. The van der Waals surface area contributed by atoms with Gasteiger partial charge in [0.05, 0.1) is 6.20 Å². The highest BCUT2D eigenvalue weighted by molar-refractivity contribution is 5.10. The van der Waals surface area contributed by atoms with Crippen LogP contribution < -0.4 is 5.32 Å². The van der Waals surface area contributed by atoms with Crippen molar-refractivity contribution in [3.05, 3.63) is 29.8 Å². The van der Waals surface area contributed by atoms with Crippen molar-refractivity contribution in [1.82, 2.24) is 10.3 Å². The first kappa shape index (κ1) is 12.1. The molecule has 3 heteroatoms. The summed E-state index contributed by atoms with van der Waals surface area (Å²) >= 11 is 0. The average Bonchev–Trinajstić information content (AvgIpc) is 2.23. The van der Waals surface area contributed by atoms with Crippen LogP contribution in [0.15, 0.2) is 18.5 Å². The Labute approximate surface area is 90.9 Å². The van der Waals surface area contributed by atoms with Gasteiger partial charge in [-0.05, 0) is 44.4 Å². The normalized spacial score (nSPS) is 12.7. The molecule has 1 aromatic rings. The van der Waals surface area contributed by atoms with Gasteiger partial charge in [-0.2, -0.15) is 0 Å². The number of aryl methyl sites for hydroxylation is 1. The van der Waals surface area contributed by atoms with E-state index < -0.39 is 0 Å². The van der Waals surface area contributed by atoms with Gasteiger partial charge in [-0.1, -0.05) is 6.92 Å². The molecular formula is C12H19FN2. The topological polar surface area (TPSA) is 24.9 Å². The lowest BCUT2D eigenvalue weighted by Crippen LogP contribution is -2.27. The minimum absolute atomic E-state index is 0.248. The molecule has 1 N–H and O–H groups in total. The molecule has 0 aliphatic rings. The second-order valence-electron chi connectivity index (χ2n) is 3.91. The Morgan fingerprint density at radius 3 is 2.93 bits per heavy atom. The number of rotatable bonds is 6. The van der Waals surface area contributed by atoms with Gasteiger partial charge in [-0.15, -0.1) is 0 Å². The highest BCUT2D eigenvalue weighted by Gasteiger charge is 2.02. The van der Waals surface area contributed by atoms with E-state index in [0.717, 1.165) is 31.4 Å². The van der Waals surface area contributed by atoms with Crippen molar-refractivity contribution in [3.8, 4) is 0 Å². The first-order chi connectivity index (χ1) is 7.22. The van der Waals surface area contributed by atoms with Crippen LogP contribution in [-0.4, -0.2) is 17.6 Å². The molecule has 2 nitrogen and oxygen atoms in total. The van der Waals surface area contributed by atoms with Crippen LogP contribution in [0.4, 0.5) is 4.39 Å². The van der Waals surface area contributed by atoms with Crippen molar-refractivity contribution in [3.63, 3.8) is 0 Å². The fourth-order valence-corrected chi connectivity index (χ4v) is 1.47. The number of hydrogen-bond acceptors (Lipinski definition) is 2. The Morgan fingerprint density at radius 1 is 1.47 bits per heavy atom. The van der Waals surface area contributed by atoms with Crippen molar-refractivity contribution in [2.24, 2.45) is 0 Å². The fraction of sp³-hybridized carbons (Fsp3) is 0.583. The summed E-state index contributed by atoms with van der Waals surface area (Å²) in [6.07, 6.45) is 6.01. The summed E-state index contributed by atoms with van der Waals surface area (Å²) in [4.78, 5) is 3.83. The van der Waals surface area contributed by atoms with Crippen LogP contribution in [-0.2, 0) is 6.42 Å². The molecule has 1 heterocycles. The number of halogens is 1. The van der Waals surface area contributed by atoms with Crippen molar-refractivity contribution < 1.29 is 4.39 Å². The Hall–Kier alpha value is -0.960. The van der Waals surface area contributed by atoms with Gasteiger partial charge in [-0.3, -0.25) is 4.98 Å². The number of pyridine rings is 1. The molecule has 0 aliphatic carbocycles. The Morgan fingerprint density at radius 2 is 2.27 bits per heavy atom. The quantitative estimate of drug-likeness (QED) is 0.780. The van der Waals surface area contributed by atoms with Crippen molar-refractivity contribution in [1.29, 1.82) is 0 Å². The zero-order valence-corrected chi connectivity index (χ0v) is 9.46. The highest BCUT2D eigenvalue weighted by Crippen LogP contribution is 2.05. The average molecular weight is 210 g/mol. The summed E-state index contributed by atoms with van der Waals surface area (Å²) in [5.74, 6) is -0.248. The Balaban J connectivity index is 2.30. The summed E-state index contributed by atoms with van der Waals surface area (Å²) in [6, 6.07) is 2.03. The lowest BCUT2D eigenvalue weighted by molar-refractivity contribution is 0.512. The largest absolute Gasteiger partial charge is 0.314 e. The van der Waals surface area contributed by atoms with Gasteiger partial charge in [0.15, 0.2) is 0 Å². The van der Waals surface area contributed by atoms with Gasteiger partial charge in [0, 0.05) is 12.2 Å². The van der Waals surface area contributed by atoms with Crippen molar-refractivity contribution >= 4 is 0 Å². The van der Waals surface area contributed by atoms with Gasteiger partial charge in [-0.25, -0.2) is 4.39 Å². The molecule has 0 aromatic carbocycles. The van der Waals surface area contributed by atoms with E-state index in [9.17, 15) is 4.39 Å². The number of hydrogen-bond donors (Lipinski definition) is 1. The molecule has 1 unspecified atom stereocenters. The Kier molecular flexibility index (Phi) is 5.26. The van der Waals surface area contributed by atoms with Crippen LogP contribution in [0, 0.1) is 5.82 Å². The van der Waals surface area contributed by atoms with Gasteiger partial charge in [0.25, 0.3) is 0 Å². The summed E-state index contributed by atoms with van der Waals surface area (Å²) in [5, 5.41) is 3.40. The van der Waals surface area contributed by atoms with Gasteiger partial charge in [0.2, 0.25) is 0 Å². The third kappa shape index (κ3) is 4.88. The molecule has 0 bridgehead atoms. The maximum atomic E-state index is 12.8. The molecule has 0 spiro atoms. The monoisotopic (exact) mass is 210 g/mol. The molecule has 0 amide bonds. The lowest BCUT2D eigenvalue weighted by Gasteiger charge is -2.12. The lowest BCUT2D eigenvalue weighted by atomic mass is 10.1. The van der Waals surface area contributed by atoms with Crippen LogP contribution in [0.3, 0.4) is 0 Å². The van der Waals surface area contributed by atoms with Gasteiger partial charge < -0.3 is 5.32 Å². The molecule has 1 aromatic heterocycles. The third-order valence-corrected chi connectivity index (χ3v) is 2.37. The van der Waals surface area contributed by atoms with E-state index in [0.29, 0.717) is 6.04 Å². The molecule has 84 valence electrons. The summed E-state index contributed by atoms with van der Waals surface area (Å²) in [7, 11) is 0. The minimum Gasteiger partial charge on any atom is -0.314 e.